The Morgan fingerprint density at radius 3 is 0.977 bits per heavy atom. The lowest BCUT2D eigenvalue weighted by molar-refractivity contribution is 1.05. The summed E-state index contributed by atoms with van der Waals surface area (Å²) in [5.74, 6) is 4.68. The van der Waals surface area contributed by atoms with Crippen LogP contribution in [0, 0.1) is 0 Å². The molecule has 0 N–H and O–H groups in total. The van der Waals surface area contributed by atoms with Crippen LogP contribution in [0.25, 0.3) is 245 Å². The minimum atomic E-state index is 0.707. The van der Waals surface area contributed by atoms with E-state index >= 15 is 0 Å². The summed E-state index contributed by atoms with van der Waals surface area (Å²) >= 11 is 5.56. The molecule has 0 amide bonds. The number of benzene rings is 18. The fourth-order valence-corrected chi connectivity index (χ4v) is 22.8. The summed E-state index contributed by atoms with van der Waals surface area (Å²) in [5.41, 5.74) is 23.0. The van der Waals surface area contributed by atoms with Gasteiger partial charge in [0.2, 0.25) is 0 Å². The molecule has 0 aliphatic carbocycles. The Morgan fingerprint density at radius 1 is 0.167 bits per heavy atom. The fraction of sp³-hybridized carbons (Fsp3) is 0. The highest BCUT2D eigenvalue weighted by atomic mass is 32.1. The molecule has 0 saturated carbocycles. The van der Waals surface area contributed by atoms with Gasteiger partial charge >= 0.3 is 0 Å². The first-order chi connectivity index (χ1) is 65.5. The van der Waals surface area contributed by atoms with E-state index in [-0.39, 0.29) is 0 Å². The number of nitrogens with zero attached hydrogens (tertiary/aromatic N) is 9. The molecule has 12 heteroatoms. The molecule has 27 aromatic rings. The van der Waals surface area contributed by atoms with Gasteiger partial charge in [0.1, 0.15) is 17.5 Å². The number of rotatable bonds is 12. The maximum atomic E-state index is 5.30. The summed E-state index contributed by atoms with van der Waals surface area (Å²) in [4.78, 5) is 31.1. The van der Waals surface area contributed by atoms with Crippen LogP contribution in [-0.4, -0.2) is 43.6 Å². The lowest BCUT2D eigenvalue weighted by Crippen LogP contribution is -2.02. The van der Waals surface area contributed by atoms with Gasteiger partial charge in [-0.1, -0.05) is 382 Å². The Kier molecular flexibility index (Phi) is 19.3. The Hall–Kier alpha value is -16.7. The minimum Gasteiger partial charge on any atom is -0.293 e. The molecule has 9 nitrogen and oxygen atoms in total. The van der Waals surface area contributed by atoms with E-state index in [1.54, 1.807) is 0 Å². The summed E-state index contributed by atoms with van der Waals surface area (Å²) in [7, 11) is 0. The van der Waals surface area contributed by atoms with Crippen molar-refractivity contribution in [3.05, 3.63) is 455 Å². The van der Waals surface area contributed by atoms with E-state index in [0.29, 0.717) is 17.5 Å². The van der Waals surface area contributed by atoms with E-state index in [4.69, 9.17) is 29.9 Å². The van der Waals surface area contributed by atoms with E-state index in [2.05, 4.69) is 396 Å². The molecule has 0 atom stereocenters. The monoisotopic (exact) mass is 1740 g/mol. The van der Waals surface area contributed by atoms with Crippen molar-refractivity contribution in [1.29, 1.82) is 0 Å². The topological polar surface area (TPSA) is 92.1 Å². The molecule has 0 radical (unpaired) electrons. The van der Waals surface area contributed by atoms with Gasteiger partial charge in [0.25, 0.3) is 0 Å². The van der Waals surface area contributed by atoms with Crippen LogP contribution < -0.4 is 0 Å². The summed E-state index contributed by atoms with van der Waals surface area (Å²) in [5, 5.41) is 14.9. The van der Waals surface area contributed by atoms with E-state index in [1.165, 1.54) is 143 Å². The second-order valence-electron chi connectivity index (χ2n) is 33.0. The zero-order valence-electron chi connectivity index (χ0n) is 71.1. The van der Waals surface area contributed by atoms with Gasteiger partial charge in [-0.15, -0.1) is 34.0 Å². The maximum Gasteiger partial charge on any atom is 0.162 e. The molecule has 132 heavy (non-hydrogen) atoms. The Labute approximate surface area is 771 Å². The van der Waals surface area contributed by atoms with Crippen LogP contribution in [0.4, 0.5) is 0 Å². The maximum absolute atomic E-state index is 5.30. The second kappa shape index (κ2) is 32.8. The number of aromatic nitrogens is 9. The van der Waals surface area contributed by atoms with Crippen molar-refractivity contribution in [1.82, 2.24) is 43.6 Å². The van der Waals surface area contributed by atoms with Crippen LogP contribution in [0.1, 0.15) is 0 Å². The number of thiophene rings is 3. The molecule has 0 fully saturated rings. The smallest absolute Gasteiger partial charge is 0.162 e. The first-order valence-corrected chi connectivity index (χ1v) is 46.7. The van der Waals surface area contributed by atoms with Gasteiger partial charge in [0.15, 0.2) is 17.5 Å². The number of hydrogen-bond acceptors (Lipinski definition) is 9. The predicted octanol–water partition coefficient (Wildman–Crippen LogP) is 32.8. The molecule has 0 aliphatic rings. The largest absolute Gasteiger partial charge is 0.293 e. The van der Waals surface area contributed by atoms with Gasteiger partial charge in [0.05, 0.1) is 50.2 Å². The molecule has 0 saturated heterocycles. The first kappa shape index (κ1) is 77.6. The summed E-state index contributed by atoms with van der Waals surface area (Å²) in [6, 6.07) is 160. The van der Waals surface area contributed by atoms with Crippen LogP contribution in [0.5, 0.6) is 0 Å². The minimum absolute atomic E-state index is 0.707. The van der Waals surface area contributed by atoms with Crippen molar-refractivity contribution in [2.24, 2.45) is 0 Å². The first-order valence-electron chi connectivity index (χ1n) is 44.3. The van der Waals surface area contributed by atoms with Gasteiger partial charge in [0, 0.05) is 150 Å². The quantitative estimate of drug-likeness (QED) is 0.121. The molecular weight excluding hydrogens is 1660 g/mol. The van der Waals surface area contributed by atoms with Crippen LogP contribution in [0.15, 0.2) is 455 Å². The Balaban J connectivity index is 0.000000106. The molecule has 0 aliphatic heterocycles. The van der Waals surface area contributed by atoms with E-state index in [0.717, 1.165) is 84.5 Å². The van der Waals surface area contributed by atoms with Crippen molar-refractivity contribution in [2.45, 2.75) is 0 Å². The van der Waals surface area contributed by atoms with Gasteiger partial charge in [-0.05, 0) is 82.4 Å². The lowest BCUT2D eigenvalue weighted by Gasteiger charge is -2.13. The van der Waals surface area contributed by atoms with Crippen LogP contribution in [0.2, 0.25) is 0 Å². The Morgan fingerprint density at radius 2 is 0.500 bits per heavy atom. The van der Waals surface area contributed by atoms with Crippen molar-refractivity contribution in [3.8, 4) is 119 Å². The van der Waals surface area contributed by atoms with Gasteiger partial charge in [-0.2, -0.15) is 0 Å². The van der Waals surface area contributed by atoms with Gasteiger partial charge in [-0.3, -0.25) is 13.7 Å². The molecule has 0 unspecified atom stereocenters. The second-order valence-corrected chi connectivity index (χ2v) is 36.3. The number of fused-ring (bicyclic) bond motifs is 21. The summed E-state index contributed by atoms with van der Waals surface area (Å²) < 4.78 is 14.8. The summed E-state index contributed by atoms with van der Waals surface area (Å²) in [6.07, 6.45) is 0. The molecule has 27 rings (SSSR count). The van der Waals surface area contributed by atoms with Crippen LogP contribution in [0.3, 0.4) is 0 Å². The summed E-state index contributed by atoms with van der Waals surface area (Å²) in [6.45, 7) is 0. The molecule has 9 aromatic heterocycles. The third-order valence-corrected chi connectivity index (χ3v) is 28.7. The number of hydrogen-bond donors (Lipinski definition) is 0. The number of para-hydroxylation sites is 2. The van der Waals surface area contributed by atoms with Crippen molar-refractivity contribution < 1.29 is 0 Å². The van der Waals surface area contributed by atoms with Crippen molar-refractivity contribution in [3.63, 3.8) is 0 Å². The standard InChI is InChI=1S/3C40H25N3S/c1-4-14-26(15-5-1)31-24-35-38(30-21-11-13-23-34(30)44-35)39-37(31)29-20-10-12-22-33(29)43(39)36-25-32(27-16-6-2-7-17-27)41-40(42-36)28-18-8-3-9-19-28;1-4-14-26(15-5-1)31-24-32-29-20-10-12-22-34(29)43(38(32)37-30-21-11-13-23-35(30)44-39(31)37)36-25-33(27-16-6-2-7-17-27)41-40(42-36)28-18-8-3-9-19-28;1-4-12-26(13-5-1)29-20-21-30-31-22-23-36-38(32-18-10-11-19-35(32)44-36)39(31)43(34(30)24-29)37-25-33(27-14-6-2-7-15-27)41-40(42-37)28-16-8-3-9-17-28/h3*1-25H. The van der Waals surface area contributed by atoms with Crippen molar-refractivity contribution in [2.75, 3.05) is 0 Å². The third kappa shape index (κ3) is 13.6. The zero-order valence-corrected chi connectivity index (χ0v) is 73.5. The predicted molar refractivity (Wildman–Crippen MR) is 557 cm³/mol. The third-order valence-electron chi connectivity index (χ3n) is 25.2. The van der Waals surface area contributed by atoms with Gasteiger partial charge in [-0.25, -0.2) is 29.9 Å². The molecule has 9 heterocycles. The Bertz CT molecular complexity index is 8820. The van der Waals surface area contributed by atoms with E-state index < -0.39 is 0 Å². The zero-order chi connectivity index (χ0) is 87.1. The lowest BCUT2D eigenvalue weighted by atomic mass is 9.97. The van der Waals surface area contributed by atoms with Crippen LogP contribution in [-0.2, 0) is 0 Å². The van der Waals surface area contributed by atoms with Crippen LogP contribution >= 0.6 is 34.0 Å². The fourth-order valence-electron chi connectivity index (χ4n) is 19.3. The highest BCUT2D eigenvalue weighted by Gasteiger charge is 2.28. The highest BCUT2D eigenvalue weighted by Crippen LogP contribution is 2.52. The normalized spacial score (nSPS) is 11.6. The van der Waals surface area contributed by atoms with E-state index in [1.807, 2.05) is 107 Å². The average Bonchev–Trinajstić information content (AvgIpc) is 1.55. The SMILES string of the molecule is c1ccc(-c2cc(-n3c4ccccc4c4c(-c5ccccc5)cc5sc6ccccc6c5c43)nc(-c3ccccc3)n2)cc1.c1ccc(-c2cc(-n3c4ccccc4c4cc(-c5ccccc5)c5sc6ccccc6c5c43)nc(-c3ccccc3)n2)cc1.c1ccc(-c2ccc3c4ccc5sc6ccccc6c5c4n(-c4cc(-c5ccccc5)nc(-c5ccccc5)n4)c3c2)cc1. The molecule has 618 valence electrons. The average molecular weight is 1740 g/mol. The molecule has 18 aromatic carbocycles. The van der Waals surface area contributed by atoms with Crippen molar-refractivity contribution >= 4 is 160 Å². The molecular formula is C120H75N9S3. The molecule has 0 bridgehead atoms. The molecule has 0 spiro atoms. The highest BCUT2D eigenvalue weighted by molar-refractivity contribution is 7.27. The van der Waals surface area contributed by atoms with E-state index in [9.17, 15) is 0 Å². The van der Waals surface area contributed by atoms with Gasteiger partial charge < -0.3 is 0 Å².